The first kappa shape index (κ1) is 32.8. The molecule has 38 heavy (non-hydrogen) atoms. The lowest BCUT2D eigenvalue weighted by atomic mass is 10.0. The fourth-order valence-electron chi connectivity index (χ4n) is 3.38. The second-order valence-corrected chi connectivity index (χ2v) is 11.8. The lowest BCUT2D eigenvalue weighted by Gasteiger charge is -2.43. The summed E-state index contributed by atoms with van der Waals surface area (Å²) in [6.07, 6.45) is -14.3. The smallest absolute Gasteiger partial charge is 0.450 e. The van der Waals surface area contributed by atoms with Gasteiger partial charge in [0, 0.05) is 6.42 Å². The largest absolute Gasteiger partial charge is 0.506 e. The van der Waals surface area contributed by atoms with Gasteiger partial charge in [-0.15, -0.1) is 0 Å². The minimum absolute atomic E-state index is 0.655. The number of hydrogen-bond acceptors (Lipinski definition) is 16. The molecule has 0 aromatic rings. The molecule has 0 aromatic heterocycles. The van der Waals surface area contributed by atoms with Gasteiger partial charge >= 0.3 is 47.7 Å². The van der Waals surface area contributed by atoms with Gasteiger partial charge in [-0.1, -0.05) is 0 Å². The zero-order valence-corrected chi connectivity index (χ0v) is 21.5. The molecule has 3 unspecified atom stereocenters. The van der Waals surface area contributed by atoms with Crippen molar-refractivity contribution in [2.24, 2.45) is 0 Å². The topological polar surface area (TPSA) is 331 Å². The van der Waals surface area contributed by atoms with E-state index in [1.54, 1.807) is 0 Å². The summed E-state index contributed by atoms with van der Waals surface area (Å²) in [6.45, 7) is -2.42. The molecule has 2 fully saturated rings. The van der Waals surface area contributed by atoms with Crippen molar-refractivity contribution in [3.8, 4) is 0 Å². The normalized spacial score (nSPS) is 31.5. The Hall–Kier alpha value is -1.37. The molecule has 0 aromatic carbocycles. The summed E-state index contributed by atoms with van der Waals surface area (Å²) in [7, 11) is -20.9. The van der Waals surface area contributed by atoms with Crippen molar-refractivity contribution in [1.82, 2.24) is 4.72 Å². The van der Waals surface area contributed by atoms with Gasteiger partial charge in [0.25, 0.3) is 0 Å². The Morgan fingerprint density at radius 1 is 0.842 bits per heavy atom. The molecule has 2 heterocycles. The molecule has 26 heteroatoms. The minimum atomic E-state index is -5.37. The van der Waals surface area contributed by atoms with Gasteiger partial charge in [0.2, 0.25) is 0 Å². The van der Waals surface area contributed by atoms with Gasteiger partial charge in [0.05, 0.1) is 25.9 Å². The van der Waals surface area contributed by atoms with Crippen LogP contribution in [0.5, 0.6) is 0 Å². The lowest BCUT2D eigenvalue weighted by molar-refractivity contribution is -0.278. The number of rotatable bonds is 12. The van der Waals surface area contributed by atoms with E-state index in [9.17, 15) is 43.0 Å². The lowest BCUT2D eigenvalue weighted by Crippen LogP contribution is -2.62. The van der Waals surface area contributed by atoms with Gasteiger partial charge in [-0.05, 0) is 0 Å². The summed E-state index contributed by atoms with van der Waals surface area (Å²) >= 11 is 0. The van der Waals surface area contributed by atoms with Crippen LogP contribution in [0.3, 0.4) is 0 Å². The third-order valence-corrected chi connectivity index (χ3v) is 6.52. The molecule has 0 saturated carbocycles. The summed E-state index contributed by atoms with van der Waals surface area (Å²) in [5.41, 5.74) is 0. The molecular weight excluding hydrogens is 622 g/mol. The molecular formula is C12H21NO21S4. The molecule has 2 rings (SSSR count). The third kappa shape index (κ3) is 11.8. The standard InChI is InChI=1S/C12H21NO21S4/c14-12(15)32-10-7(3-28-4-8(10)34-38(25,26)27)31-11-9(13-35(16,17)18)6(33-37(22,23)24)1-5(30-11)2-29-36(19,20)21/h5-11,13H,1-4H2,(H,14,15)(H,16,17,18)(H,19,20,21)(H,22,23,24)(H,25,26,27)/t5?,6?,7-,8?,9-,10+,11-/m0/s1. The molecule has 0 bridgehead atoms. The molecule has 22 nitrogen and oxygen atoms in total. The molecule has 0 amide bonds. The van der Waals surface area contributed by atoms with Crippen LogP contribution in [0.2, 0.25) is 0 Å². The van der Waals surface area contributed by atoms with Crippen molar-refractivity contribution < 1.29 is 93.3 Å². The Kier molecular flexibility index (Phi) is 10.7. The van der Waals surface area contributed by atoms with Crippen LogP contribution in [0, 0.1) is 0 Å². The van der Waals surface area contributed by atoms with Crippen molar-refractivity contribution in [3.63, 3.8) is 0 Å². The summed E-state index contributed by atoms with van der Waals surface area (Å²) in [5.74, 6) is 0. The van der Waals surface area contributed by atoms with Gasteiger partial charge < -0.3 is 24.1 Å². The zero-order valence-electron chi connectivity index (χ0n) is 18.3. The van der Waals surface area contributed by atoms with Crippen molar-refractivity contribution >= 4 is 47.7 Å². The number of carboxylic acid groups (broad SMARTS) is 1. The molecule has 2 aliphatic rings. The highest BCUT2D eigenvalue weighted by Crippen LogP contribution is 2.29. The van der Waals surface area contributed by atoms with Gasteiger partial charge in [-0.3, -0.25) is 18.2 Å². The van der Waals surface area contributed by atoms with Crippen LogP contribution in [0.25, 0.3) is 0 Å². The van der Waals surface area contributed by atoms with Crippen molar-refractivity contribution in [2.75, 3.05) is 19.8 Å². The highest BCUT2D eigenvalue weighted by Gasteiger charge is 2.49. The van der Waals surface area contributed by atoms with E-state index in [4.69, 9.17) is 33.0 Å². The summed E-state index contributed by atoms with van der Waals surface area (Å²) in [5, 5.41) is 9.01. The van der Waals surface area contributed by atoms with E-state index in [0.717, 1.165) is 0 Å². The fraction of sp³-hybridized carbons (Fsp3) is 0.917. The summed E-state index contributed by atoms with van der Waals surface area (Å²) in [6, 6.07) is -2.11. The van der Waals surface area contributed by atoms with Gasteiger partial charge in [0.15, 0.2) is 12.4 Å². The summed E-state index contributed by atoms with van der Waals surface area (Å²) < 4.78 is 160. The van der Waals surface area contributed by atoms with Gasteiger partial charge in [0.1, 0.15) is 24.4 Å². The Balaban J connectivity index is 2.45. The Labute approximate surface area is 214 Å². The van der Waals surface area contributed by atoms with E-state index < -0.39 is 117 Å². The molecule has 0 radical (unpaired) electrons. The fourth-order valence-corrected chi connectivity index (χ4v) is 5.30. The first-order valence-electron chi connectivity index (χ1n) is 9.58. The maximum Gasteiger partial charge on any atom is 0.506 e. The van der Waals surface area contributed by atoms with E-state index in [1.165, 1.54) is 4.72 Å². The Morgan fingerprint density at radius 2 is 1.39 bits per heavy atom. The van der Waals surface area contributed by atoms with Crippen LogP contribution in [0.15, 0.2) is 0 Å². The molecule has 7 atom stereocenters. The van der Waals surface area contributed by atoms with E-state index in [-0.39, 0.29) is 0 Å². The first-order valence-corrected chi connectivity index (χ1v) is 15.1. The van der Waals surface area contributed by atoms with Crippen LogP contribution in [-0.4, -0.2) is 126 Å². The van der Waals surface area contributed by atoms with E-state index in [2.05, 4.69) is 17.3 Å². The number of carbonyl (C=O) groups is 1. The maximum absolute atomic E-state index is 11.5. The van der Waals surface area contributed by atoms with Crippen LogP contribution in [0.4, 0.5) is 4.79 Å². The van der Waals surface area contributed by atoms with Crippen molar-refractivity contribution in [1.29, 1.82) is 0 Å². The van der Waals surface area contributed by atoms with Crippen molar-refractivity contribution in [3.05, 3.63) is 0 Å². The first-order chi connectivity index (χ1) is 17.1. The number of hydrogen-bond donors (Lipinski definition) is 6. The van der Waals surface area contributed by atoms with E-state index >= 15 is 0 Å². The SMILES string of the molecule is O=C(O)O[C@H]1C(OS(=O)(=O)O)COC[C@@H]1O[C@@H]1OC(COS(=O)(=O)O)CC(OS(=O)(=O)O)[C@@H]1NS(=O)(=O)O. The second kappa shape index (κ2) is 12.4. The molecule has 0 aliphatic carbocycles. The number of nitrogens with one attached hydrogen (secondary N) is 1. The molecule has 6 N–H and O–H groups in total. The predicted molar refractivity (Wildman–Crippen MR) is 111 cm³/mol. The molecule has 2 aliphatic heterocycles. The molecule has 224 valence electrons. The maximum atomic E-state index is 11.5. The molecule has 2 saturated heterocycles. The monoisotopic (exact) mass is 643 g/mol. The zero-order chi connectivity index (χ0) is 29.1. The van der Waals surface area contributed by atoms with Gasteiger partial charge in [-0.2, -0.15) is 38.4 Å². The molecule has 0 spiro atoms. The predicted octanol–water partition coefficient (Wildman–Crippen LogP) is -3.46. The van der Waals surface area contributed by atoms with Crippen LogP contribution in [0.1, 0.15) is 6.42 Å². The van der Waals surface area contributed by atoms with Crippen LogP contribution >= 0.6 is 0 Å². The quantitative estimate of drug-likeness (QED) is 0.0888. The average Bonchev–Trinajstić information content (AvgIpc) is 2.67. The highest BCUT2D eigenvalue weighted by atomic mass is 32.3. The van der Waals surface area contributed by atoms with E-state index in [0.29, 0.717) is 0 Å². The third-order valence-electron chi connectivity index (χ3n) is 4.54. The number of ether oxygens (including phenoxy) is 4. The Morgan fingerprint density at radius 3 is 1.89 bits per heavy atom. The average molecular weight is 644 g/mol. The Bertz CT molecular complexity index is 1260. The van der Waals surface area contributed by atoms with Crippen LogP contribution in [-0.2, 0) is 73.0 Å². The summed E-state index contributed by atoms with van der Waals surface area (Å²) in [4.78, 5) is 11.2. The van der Waals surface area contributed by atoms with Crippen LogP contribution < -0.4 is 4.72 Å². The highest BCUT2D eigenvalue weighted by molar-refractivity contribution is 7.83. The van der Waals surface area contributed by atoms with Gasteiger partial charge in [-0.25, -0.2) is 17.3 Å². The minimum Gasteiger partial charge on any atom is -0.450 e. The second-order valence-electron chi connectivity index (χ2n) is 7.38. The van der Waals surface area contributed by atoms with E-state index in [1.807, 2.05) is 0 Å². The van der Waals surface area contributed by atoms with Crippen molar-refractivity contribution in [2.45, 2.75) is 49.3 Å².